The van der Waals surface area contributed by atoms with E-state index >= 15 is 0 Å². The molecule has 0 aliphatic carbocycles. The Balaban J connectivity index is 2.16. The van der Waals surface area contributed by atoms with Gasteiger partial charge in [0.15, 0.2) is 0 Å². The van der Waals surface area contributed by atoms with Gasteiger partial charge >= 0.3 is 0 Å². The Morgan fingerprint density at radius 3 is 2.86 bits per heavy atom. The Morgan fingerprint density at radius 2 is 2.14 bits per heavy atom. The van der Waals surface area contributed by atoms with Gasteiger partial charge in [-0.2, -0.15) is 5.10 Å². The molecule has 0 spiro atoms. The Kier molecular flexibility index (Phi) is 3.45. The van der Waals surface area contributed by atoms with Crippen molar-refractivity contribution in [3.63, 3.8) is 0 Å². The molecule has 106 valence electrons. The normalized spacial score (nSPS) is 10.8. The van der Waals surface area contributed by atoms with E-state index < -0.39 is 10.7 Å². The molecule has 1 aromatic heterocycles. The van der Waals surface area contributed by atoms with E-state index in [-0.39, 0.29) is 17.1 Å². The lowest BCUT2D eigenvalue weighted by Crippen LogP contribution is -1.99. The summed E-state index contributed by atoms with van der Waals surface area (Å²) in [5.41, 5.74) is 0.884. The molecule has 2 aromatic carbocycles. The second-order valence-corrected chi connectivity index (χ2v) is 5.54. The van der Waals surface area contributed by atoms with Crippen LogP contribution in [0.4, 0.5) is 21.5 Å². The first-order chi connectivity index (χ1) is 10.1. The quantitative estimate of drug-likeness (QED) is 0.398. The van der Waals surface area contributed by atoms with Gasteiger partial charge < -0.3 is 5.32 Å². The van der Waals surface area contributed by atoms with Crippen LogP contribution in [0.25, 0.3) is 10.9 Å². The zero-order valence-corrected chi connectivity index (χ0v) is 12.6. The van der Waals surface area contributed by atoms with E-state index in [2.05, 4.69) is 15.5 Å². The predicted octanol–water partition coefficient (Wildman–Crippen LogP) is 3.96. The number of hydrogen-bond acceptors (Lipinski definition) is 4. The zero-order valence-electron chi connectivity index (χ0n) is 10.4. The summed E-state index contributed by atoms with van der Waals surface area (Å²) in [5.74, 6) is -0.475. The number of anilines is 2. The smallest absolute Gasteiger partial charge is 0.293 e. The predicted molar refractivity (Wildman–Crippen MR) is 85.1 cm³/mol. The van der Waals surface area contributed by atoms with Crippen LogP contribution >= 0.6 is 22.6 Å². The molecular formula is C13H8FIN4O2. The summed E-state index contributed by atoms with van der Waals surface area (Å²) < 4.78 is 14.7. The number of nitro groups is 1. The van der Waals surface area contributed by atoms with Gasteiger partial charge in [-0.15, -0.1) is 0 Å². The molecule has 0 unspecified atom stereocenters. The minimum atomic E-state index is -0.515. The minimum Gasteiger partial charge on any atom is -0.347 e. The zero-order chi connectivity index (χ0) is 15.0. The van der Waals surface area contributed by atoms with Crippen molar-refractivity contribution in [3.05, 3.63) is 56.0 Å². The molecule has 6 nitrogen and oxygen atoms in total. The lowest BCUT2D eigenvalue weighted by Gasteiger charge is -2.09. The summed E-state index contributed by atoms with van der Waals surface area (Å²) in [6, 6.07) is 7.53. The Morgan fingerprint density at radius 1 is 1.33 bits per heavy atom. The number of rotatable bonds is 3. The van der Waals surface area contributed by atoms with E-state index in [4.69, 9.17) is 0 Å². The molecule has 0 amide bonds. The van der Waals surface area contributed by atoms with Crippen LogP contribution in [-0.4, -0.2) is 15.1 Å². The number of nitrogens with one attached hydrogen (secondary N) is 2. The molecule has 0 aliphatic heterocycles. The topological polar surface area (TPSA) is 83.8 Å². The third kappa shape index (κ3) is 2.53. The lowest BCUT2D eigenvalue weighted by molar-refractivity contribution is -0.383. The van der Waals surface area contributed by atoms with Gasteiger partial charge in [-0.25, -0.2) is 4.39 Å². The molecule has 0 atom stereocenters. The fourth-order valence-electron chi connectivity index (χ4n) is 2.02. The van der Waals surface area contributed by atoms with Crippen LogP contribution < -0.4 is 5.32 Å². The minimum absolute atomic E-state index is 0.137. The van der Waals surface area contributed by atoms with Gasteiger partial charge in [-0.1, -0.05) is 0 Å². The molecule has 1 heterocycles. The third-order valence-corrected chi connectivity index (χ3v) is 3.66. The molecule has 0 aliphatic rings. The summed E-state index contributed by atoms with van der Waals surface area (Å²) in [7, 11) is 0. The average Bonchev–Trinajstić information content (AvgIpc) is 2.90. The van der Waals surface area contributed by atoms with Gasteiger partial charge in [0.2, 0.25) is 0 Å². The Hall–Kier alpha value is -2.23. The van der Waals surface area contributed by atoms with Crippen molar-refractivity contribution in [2.75, 3.05) is 5.32 Å². The number of aromatic nitrogens is 2. The lowest BCUT2D eigenvalue weighted by atomic mass is 10.1. The molecule has 0 bridgehead atoms. The number of nitrogens with zero attached hydrogens (tertiary/aromatic N) is 2. The second-order valence-electron chi connectivity index (χ2n) is 4.30. The van der Waals surface area contributed by atoms with Crippen molar-refractivity contribution in [2.24, 2.45) is 0 Å². The number of nitro benzene ring substituents is 1. The van der Waals surface area contributed by atoms with Crippen molar-refractivity contribution in [3.8, 4) is 0 Å². The molecule has 2 N–H and O–H groups in total. The molecule has 21 heavy (non-hydrogen) atoms. The monoisotopic (exact) mass is 398 g/mol. The van der Waals surface area contributed by atoms with Crippen LogP contribution in [0.5, 0.6) is 0 Å². The SMILES string of the molecule is O=[N+]([O-])c1ccc2[nH]ncc2c1Nc1ccc(I)cc1F. The van der Waals surface area contributed by atoms with E-state index in [1.165, 1.54) is 18.3 Å². The second kappa shape index (κ2) is 5.28. The number of hydrogen-bond donors (Lipinski definition) is 2. The van der Waals surface area contributed by atoms with Gasteiger partial charge in [0.1, 0.15) is 11.5 Å². The van der Waals surface area contributed by atoms with Gasteiger partial charge in [-0.3, -0.25) is 15.2 Å². The van der Waals surface area contributed by atoms with Crippen molar-refractivity contribution >= 4 is 50.6 Å². The van der Waals surface area contributed by atoms with Crippen LogP contribution in [0.1, 0.15) is 0 Å². The van der Waals surface area contributed by atoms with E-state index in [1.54, 1.807) is 18.2 Å². The fourth-order valence-corrected chi connectivity index (χ4v) is 2.47. The van der Waals surface area contributed by atoms with Crippen molar-refractivity contribution in [1.29, 1.82) is 0 Å². The summed E-state index contributed by atoms with van der Waals surface area (Å²) in [5, 5.41) is 21.1. The maximum Gasteiger partial charge on any atom is 0.293 e. The Bertz CT molecular complexity index is 849. The number of benzene rings is 2. The van der Waals surface area contributed by atoms with Crippen LogP contribution in [0.15, 0.2) is 36.5 Å². The highest BCUT2D eigenvalue weighted by Crippen LogP contribution is 2.35. The van der Waals surface area contributed by atoms with E-state index in [1.807, 2.05) is 22.6 Å². The molecular weight excluding hydrogens is 390 g/mol. The number of halogens is 2. The van der Waals surface area contributed by atoms with Crippen molar-refractivity contribution in [1.82, 2.24) is 10.2 Å². The first-order valence-corrected chi connectivity index (χ1v) is 6.96. The van der Waals surface area contributed by atoms with Crippen LogP contribution in [0, 0.1) is 19.5 Å². The first-order valence-electron chi connectivity index (χ1n) is 5.89. The van der Waals surface area contributed by atoms with Gasteiger partial charge in [0, 0.05) is 9.64 Å². The first kappa shape index (κ1) is 13.7. The Labute approximate surface area is 131 Å². The summed E-state index contributed by atoms with van der Waals surface area (Å²) >= 11 is 1.99. The molecule has 0 saturated carbocycles. The van der Waals surface area contributed by atoms with Gasteiger partial charge in [0.25, 0.3) is 5.69 Å². The highest BCUT2D eigenvalue weighted by molar-refractivity contribution is 14.1. The molecule has 0 radical (unpaired) electrons. The van der Waals surface area contributed by atoms with E-state index in [0.717, 1.165) is 3.57 Å². The molecule has 3 rings (SSSR count). The average molecular weight is 398 g/mol. The summed E-state index contributed by atoms with van der Waals surface area (Å²) in [6.07, 6.45) is 1.47. The van der Waals surface area contributed by atoms with E-state index in [0.29, 0.717) is 10.9 Å². The molecule has 0 fully saturated rings. The van der Waals surface area contributed by atoms with Gasteiger partial charge in [0.05, 0.1) is 27.7 Å². The van der Waals surface area contributed by atoms with Gasteiger partial charge in [-0.05, 0) is 46.9 Å². The van der Waals surface area contributed by atoms with Crippen LogP contribution in [0.2, 0.25) is 0 Å². The molecule has 8 heteroatoms. The maximum absolute atomic E-state index is 13.9. The van der Waals surface area contributed by atoms with E-state index in [9.17, 15) is 14.5 Å². The van der Waals surface area contributed by atoms with Crippen molar-refractivity contribution in [2.45, 2.75) is 0 Å². The fraction of sp³-hybridized carbons (Fsp3) is 0. The van der Waals surface area contributed by atoms with Crippen molar-refractivity contribution < 1.29 is 9.31 Å². The summed E-state index contributed by atoms with van der Waals surface area (Å²) in [4.78, 5) is 10.6. The number of H-pyrrole nitrogens is 1. The number of fused-ring (bicyclic) bond motifs is 1. The maximum atomic E-state index is 13.9. The van der Waals surface area contributed by atoms with Crippen LogP contribution in [-0.2, 0) is 0 Å². The van der Waals surface area contributed by atoms with Crippen LogP contribution in [0.3, 0.4) is 0 Å². The standard InChI is InChI=1S/C13H8FIN4O2/c14-9-5-7(15)1-2-11(9)17-13-8-6-16-18-10(8)3-4-12(13)19(20)21/h1-6,17H,(H,16,18). The largest absolute Gasteiger partial charge is 0.347 e. The highest BCUT2D eigenvalue weighted by Gasteiger charge is 2.19. The number of aromatic amines is 1. The highest BCUT2D eigenvalue weighted by atomic mass is 127. The summed E-state index contributed by atoms with van der Waals surface area (Å²) in [6.45, 7) is 0. The third-order valence-electron chi connectivity index (χ3n) is 2.99. The molecule has 0 saturated heterocycles. The molecule has 3 aromatic rings.